The van der Waals surface area contributed by atoms with Gasteiger partial charge in [-0.3, -0.25) is 19.7 Å². The molecular weight excluding hydrogens is 250 g/mol. The number of hydrogen-bond acceptors (Lipinski definition) is 4. The van der Waals surface area contributed by atoms with Crippen LogP contribution in [0.5, 0.6) is 0 Å². The minimum atomic E-state index is -0.491. The number of nitrogens with zero attached hydrogens (tertiary/aromatic N) is 2. The third-order valence-electron chi connectivity index (χ3n) is 3.57. The zero-order valence-corrected chi connectivity index (χ0v) is 9.96. The predicted molar refractivity (Wildman–Crippen MR) is 64.1 cm³/mol. The lowest BCUT2D eigenvalue weighted by Crippen LogP contribution is -2.60. The van der Waals surface area contributed by atoms with Gasteiger partial charge in [0.1, 0.15) is 6.04 Å². The van der Waals surface area contributed by atoms with Crippen molar-refractivity contribution in [3.8, 4) is 0 Å². The molecule has 98 valence electrons. The van der Waals surface area contributed by atoms with Gasteiger partial charge in [-0.25, -0.2) is 0 Å². The van der Waals surface area contributed by atoms with E-state index in [1.54, 1.807) is 6.07 Å². The second kappa shape index (κ2) is 4.04. The standard InChI is InChI=1S/C12H11N3O4/c16-11-5-13-12(17)10-4-7-1-2-9(15(18)19)3-8(7)6-14(10)11/h1-3,10H,4-6H2,(H,13,17). The van der Waals surface area contributed by atoms with Crippen LogP contribution in [0.4, 0.5) is 5.69 Å². The Hall–Kier alpha value is -2.44. The summed E-state index contributed by atoms with van der Waals surface area (Å²) in [6.45, 7) is 0.257. The van der Waals surface area contributed by atoms with E-state index in [1.165, 1.54) is 17.0 Å². The number of nitro groups is 1. The molecule has 7 nitrogen and oxygen atoms in total. The molecule has 1 N–H and O–H groups in total. The van der Waals surface area contributed by atoms with Gasteiger partial charge < -0.3 is 10.2 Å². The van der Waals surface area contributed by atoms with E-state index in [0.717, 1.165) is 11.1 Å². The molecule has 1 fully saturated rings. The highest BCUT2D eigenvalue weighted by atomic mass is 16.6. The molecule has 7 heteroatoms. The Morgan fingerprint density at radius 1 is 1.32 bits per heavy atom. The number of carbonyl (C=O) groups excluding carboxylic acids is 2. The highest BCUT2D eigenvalue weighted by Crippen LogP contribution is 2.28. The number of piperazine rings is 1. The molecule has 0 bridgehead atoms. The van der Waals surface area contributed by atoms with Crippen LogP contribution in [-0.2, 0) is 22.6 Å². The summed E-state index contributed by atoms with van der Waals surface area (Å²) < 4.78 is 0. The van der Waals surface area contributed by atoms with E-state index < -0.39 is 11.0 Å². The molecule has 1 saturated heterocycles. The van der Waals surface area contributed by atoms with Gasteiger partial charge in [0.05, 0.1) is 11.5 Å². The van der Waals surface area contributed by atoms with Crippen molar-refractivity contribution in [2.24, 2.45) is 0 Å². The summed E-state index contributed by atoms with van der Waals surface area (Å²) in [6, 6.07) is 4.08. The van der Waals surface area contributed by atoms with Gasteiger partial charge in [-0.05, 0) is 11.1 Å². The van der Waals surface area contributed by atoms with Crippen LogP contribution in [0.2, 0.25) is 0 Å². The van der Waals surface area contributed by atoms with Gasteiger partial charge in [0.15, 0.2) is 0 Å². The number of nitrogens with one attached hydrogen (secondary N) is 1. The summed E-state index contributed by atoms with van der Waals surface area (Å²) >= 11 is 0. The molecule has 0 aliphatic carbocycles. The molecule has 1 atom stereocenters. The third-order valence-corrected chi connectivity index (χ3v) is 3.57. The van der Waals surface area contributed by atoms with Crippen LogP contribution in [0, 0.1) is 10.1 Å². The first kappa shape index (κ1) is 11.6. The maximum atomic E-state index is 11.8. The molecule has 1 unspecified atom stereocenters. The number of benzene rings is 1. The Labute approximate surface area is 108 Å². The zero-order chi connectivity index (χ0) is 13.6. The van der Waals surface area contributed by atoms with Crippen molar-refractivity contribution in [1.29, 1.82) is 0 Å². The van der Waals surface area contributed by atoms with Crippen molar-refractivity contribution in [2.45, 2.75) is 19.0 Å². The third kappa shape index (κ3) is 1.83. The first-order chi connectivity index (χ1) is 9.06. The fourth-order valence-corrected chi connectivity index (χ4v) is 2.56. The second-order valence-electron chi connectivity index (χ2n) is 4.67. The average Bonchev–Trinajstić information content (AvgIpc) is 2.41. The van der Waals surface area contributed by atoms with Crippen LogP contribution in [0.3, 0.4) is 0 Å². The Morgan fingerprint density at radius 3 is 2.84 bits per heavy atom. The van der Waals surface area contributed by atoms with Crippen molar-refractivity contribution in [3.05, 3.63) is 39.4 Å². The normalized spacial score (nSPS) is 21.5. The quantitative estimate of drug-likeness (QED) is 0.568. The Morgan fingerprint density at radius 2 is 2.11 bits per heavy atom. The van der Waals surface area contributed by atoms with Crippen LogP contribution >= 0.6 is 0 Å². The van der Waals surface area contributed by atoms with Gasteiger partial charge in [-0.15, -0.1) is 0 Å². The van der Waals surface area contributed by atoms with E-state index in [0.29, 0.717) is 6.42 Å². The van der Waals surface area contributed by atoms with Gasteiger partial charge in [0.25, 0.3) is 5.69 Å². The van der Waals surface area contributed by atoms with E-state index in [-0.39, 0.29) is 30.6 Å². The molecular formula is C12H11N3O4. The molecule has 2 aliphatic rings. The summed E-state index contributed by atoms with van der Waals surface area (Å²) in [4.78, 5) is 35.3. The van der Waals surface area contributed by atoms with Gasteiger partial charge in [-0.2, -0.15) is 0 Å². The molecule has 0 spiro atoms. The van der Waals surface area contributed by atoms with E-state index in [9.17, 15) is 19.7 Å². The van der Waals surface area contributed by atoms with Gasteiger partial charge in [-0.1, -0.05) is 6.07 Å². The van der Waals surface area contributed by atoms with E-state index in [4.69, 9.17) is 0 Å². The lowest BCUT2D eigenvalue weighted by molar-refractivity contribution is -0.385. The SMILES string of the molecule is O=C1NCC(=O)N2Cc3cc([N+](=O)[O-])ccc3CC12. The lowest BCUT2D eigenvalue weighted by atomic mass is 9.92. The number of amides is 2. The Kier molecular flexibility index (Phi) is 2.48. The van der Waals surface area contributed by atoms with Crippen LogP contribution < -0.4 is 5.32 Å². The fourth-order valence-electron chi connectivity index (χ4n) is 2.56. The smallest absolute Gasteiger partial charge is 0.269 e. The molecule has 2 amide bonds. The number of carbonyl (C=O) groups is 2. The first-order valence-electron chi connectivity index (χ1n) is 5.89. The topological polar surface area (TPSA) is 92.6 Å². The highest BCUT2D eigenvalue weighted by Gasteiger charge is 2.38. The molecule has 1 aromatic rings. The van der Waals surface area contributed by atoms with E-state index >= 15 is 0 Å². The summed E-state index contributed by atoms with van der Waals surface area (Å²) in [5, 5.41) is 13.3. The van der Waals surface area contributed by atoms with Crippen molar-refractivity contribution >= 4 is 17.5 Å². The van der Waals surface area contributed by atoms with Crippen LogP contribution in [0.1, 0.15) is 11.1 Å². The number of non-ortho nitro benzene ring substituents is 1. The maximum absolute atomic E-state index is 11.8. The molecule has 0 radical (unpaired) electrons. The van der Waals surface area contributed by atoms with E-state index in [1.807, 2.05) is 0 Å². The second-order valence-corrected chi connectivity index (χ2v) is 4.67. The lowest BCUT2D eigenvalue weighted by Gasteiger charge is -2.39. The summed E-state index contributed by atoms with van der Waals surface area (Å²) in [5.74, 6) is -0.314. The summed E-state index contributed by atoms with van der Waals surface area (Å²) in [7, 11) is 0. The molecule has 19 heavy (non-hydrogen) atoms. The minimum absolute atomic E-state index is 0.000403. The van der Waals surface area contributed by atoms with E-state index in [2.05, 4.69) is 5.32 Å². The zero-order valence-electron chi connectivity index (χ0n) is 9.96. The molecule has 0 aromatic heterocycles. The molecule has 2 aliphatic heterocycles. The van der Waals surface area contributed by atoms with Crippen molar-refractivity contribution < 1.29 is 14.5 Å². The highest BCUT2D eigenvalue weighted by molar-refractivity contribution is 5.95. The average molecular weight is 261 g/mol. The molecule has 3 rings (SSSR count). The predicted octanol–water partition coefficient (Wildman–Crippen LogP) is -0.0221. The number of fused-ring (bicyclic) bond motifs is 2. The number of rotatable bonds is 1. The summed E-state index contributed by atoms with van der Waals surface area (Å²) in [6.07, 6.45) is 0.408. The Bertz CT molecular complexity index is 599. The summed E-state index contributed by atoms with van der Waals surface area (Å²) in [5.41, 5.74) is 1.64. The van der Waals surface area contributed by atoms with Gasteiger partial charge >= 0.3 is 0 Å². The number of hydrogen-bond donors (Lipinski definition) is 1. The van der Waals surface area contributed by atoms with Gasteiger partial charge in [0.2, 0.25) is 11.8 Å². The monoisotopic (exact) mass is 261 g/mol. The maximum Gasteiger partial charge on any atom is 0.269 e. The fraction of sp³-hybridized carbons (Fsp3) is 0.333. The van der Waals surface area contributed by atoms with Crippen molar-refractivity contribution in [2.75, 3.05) is 6.54 Å². The first-order valence-corrected chi connectivity index (χ1v) is 5.89. The van der Waals surface area contributed by atoms with Crippen molar-refractivity contribution in [1.82, 2.24) is 10.2 Å². The molecule has 2 heterocycles. The molecule has 1 aromatic carbocycles. The largest absolute Gasteiger partial charge is 0.345 e. The van der Waals surface area contributed by atoms with Crippen LogP contribution in [-0.4, -0.2) is 34.2 Å². The Balaban J connectivity index is 1.99. The number of nitro benzene ring substituents is 1. The molecule has 0 saturated carbocycles. The van der Waals surface area contributed by atoms with Crippen molar-refractivity contribution in [3.63, 3.8) is 0 Å². The van der Waals surface area contributed by atoms with Crippen LogP contribution in [0.25, 0.3) is 0 Å². The van der Waals surface area contributed by atoms with Crippen LogP contribution in [0.15, 0.2) is 18.2 Å². The van der Waals surface area contributed by atoms with Gasteiger partial charge in [0, 0.05) is 25.1 Å². The minimum Gasteiger partial charge on any atom is -0.345 e.